The van der Waals surface area contributed by atoms with Crippen molar-refractivity contribution >= 4 is 40.9 Å². The molecule has 0 aromatic heterocycles. The minimum atomic E-state index is -0.960. The summed E-state index contributed by atoms with van der Waals surface area (Å²) in [5, 5.41) is 10.4. The van der Waals surface area contributed by atoms with Gasteiger partial charge in [0.05, 0.1) is 35.8 Å². The lowest BCUT2D eigenvalue weighted by Crippen LogP contribution is -2.58. The highest BCUT2D eigenvalue weighted by Gasteiger charge is 2.72. The SMILES string of the molecule is CCOc1ccc(N2CC=C[C@@H]3S[C@]45C=CCN(c6cc(C)ccc6C)C(=O)C4N([C@@H](CO)[C@@H](C)CC)C(=O)[C@@H]5[C@@H]3C2=O)cc1. The highest BCUT2D eigenvalue weighted by atomic mass is 32.2. The molecular formula is C36H43N3O5S. The number of carbonyl (C=O) groups is 3. The normalized spacial score (nSPS) is 28.8. The number of ether oxygens (including phenoxy) is 1. The van der Waals surface area contributed by atoms with E-state index in [1.54, 1.807) is 26.5 Å². The Morgan fingerprint density at radius 2 is 1.71 bits per heavy atom. The number of hydrogen-bond donors (Lipinski definition) is 1. The van der Waals surface area contributed by atoms with Crippen LogP contribution in [-0.2, 0) is 14.4 Å². The van der Waals surface area contributed by atoms with Gasteiger partial charge in [-0.15, -0.1) is 11.8 Å². The van der Waals surface area contributed by atoms with E-state index in [4.69, 9.17) is 4.74 Å². The average Bonchev–Trinajstić information content (AvgIpc) is 3.35. The van der Waals surface area contributed by atoms with Crippen molar-refractivity contribution < 1.29 is 24.2 Å². The fourth-order valence-corrected chi connectivity index (χ4v) is 9.59. The zero-order valence-electron chi connectivity index (χ0n) is 26.7. The summed E-state index contributed by atoms with van der Waals surface area (Å²) in [4.78, 5) is 49.5. The number of aliphatic hydroxyl groups is 1. The third-order valence-electron chi connectivity index (χ3n) is 10.1. The number of anilines is 2. The highest BCUT2D eigenvalue weighted by molar-refractivity contribution is 8.02. The standard InChI is InChI=1S/C36H43N3O5S/c1-6-23(4)28(21-40)39-32-35(43)38(27-20-22(3)11-12-24(27)5)19-9-17-36(32)31(34(39)42)30-29(45-36)10-8-18-37(33(30)41)25-13-15-26(16-14-25)44-7-2/h8-17,20,23,28-32,40H,6-7,18-19,21H2,1-5H3/t23-,28-,29-,30+,31-,32?,36-/m0/s1. The maximum atomic E-state index is 14.9. The first-order chi connectivity index (χ1) is 21.7. The Kier molecular flexibility index (Phi) is 8.61. The van der Waals surface area contributed by atoms with E-state index in [0.717, 1.165) is 34.7 Å². The molecule has 4 heterocycles. The Morgan fingerprint density at radius 1 is 0.978 bits per heavy atom. The first-order valence-electron chi connectivity index (χ1n) is 16.0. The monoisotopic (exact) mass is 629 g/mol. The molecule has 2 fully saturated rings. The molecule has 2 aromatic carbocycles. The highest BCUT2D eigenvalue weighted by Crippen LogP contribution is 2.62. The largest absolute Gasteiger partial charge is 0.494 e. The average molecular weight is 630 g/mol. The number of fused-ring (bicyclic) bond motifs is 2. The number of hydrogen-bond acceptors (Lipinski definition) is 6. The van der Waals surface area contributed by atoms with Crippen molar-refractivity contribution in [2.24, 2.45) is 17.8 Å². The summed E-state index contributed by atoms with van der Waals surface area (Å²) < 4.78 is 4.65. The molecule has 7 atom stereocenters. The molecule has 4 aliphatic heterocycles. The van der Waals surface area contributed by atoms with Gasteiger partial charge in [-0.25, -0.2) is 0 Å². The van der Waals surface area contributed by atoms with Gasteiger partial charge < -0.3 is 24.5 Å². The van der Waals surface area contributed by atoms with Gasteiger partial charge in [-0.05, 0) is 68.1 Å². The van der Waals surface area contributed by atoms with Gasteiger partial charge in [-0.2, -0.15) is 0 Å². The van der Waals surface area contributed by atoms with Crippen molar-refractivity contribution in [1.82, 2.24) is 4.90 Å². The number of thioether (sulfide) groups is 1. The second-order valence-corrected chi connectivity index (χ2v) is 14.2. The van der Waals surface area contributed by atoms with E-state index in [1.807, 2.05) is 101 Å². The van der Waals surface area contributed by atoms with Gasteiger partial charge >= 0.3 is 0 Å². The summed E-state index contributed by atoms with van der Waals surface area (Å²) in [5.74, 6) is -1.26. The third-order valence-corrected chi connectivity index (χ3v) is 11.8. The lowest BCUT2D eigenvalue weighted by molar-refractivity contribution is -0.142. The molecule has 1 spiro atoms. The quantitative estimate of drug-likeness (QED) is 0.418. The van der Waals surface area contributed by atoms with E-state index in [9.17, 15) is 19.5 Å². The van der Waals surface area contributed by atoms with Crippen LogP contribution in [0.15, 0.2) is 66.8 Å². The minimum absolute atomic E-state index is 0.0464. The van der Waals surface area contributed by atoms with Crippen molar-refractivity contribution in [2.75, 3.05) is 36.1 Å². The van der Waals surface area contributed by atoms with Crippen molar-refractivity contribution in [2.45, 2.75) is 63.1 Å². The van der Waals surface area contributed by atoms with E-state index in [1.165, 1.54) is 0 Å². The number of rotatable bonds is 8. The molecule has 0 saturated carbocycles. The number of aryl methyl sites for hydroxylation is 2. The zero-order valence-corrected chi connectivity index (χ0v) is 27.5. The molecular weight excluding hydrogens is 586 g/mol. The molecule has 9 heteroatoms. The van der Waals surface area contributed by atoms with Crippen LogP contribution in [0.25, 0.3) is 0 Å². The Morgan fingerprint density at radius 3 is 2.40 bits per heavy atom. The second-order valence-electron chi connectivity index (χ2n) is 12.7. The van der Waals surface area contributed by atoms with E-state index >= 15 is 0 Å². The van der Waals surface area contributed by atoms with Crippen LogP contribution >= 0.6 is 11.8 Å². The van der Waals surface area contributed by atoms with Crippen LogP contribution in [0.1, 0.15) is 38.3 Å². The van der Waals surface area contributed by atoms with E-state index < -0.39 is 28.7 Å². The summed E-state index contributed by atoms with van der Waals surface area (Å²) in [6.07, 6.45) is 8.82. The van der Waals surface area contributed by atoms with Gasteiger partial charge in [0.2, 0.25) is 11.8 Å². The molecule has 1 N–H and O–H groups in total. The fourth-order valence-electron chi connectivity index (χ4n) is 7.60. The molecule has 0 aliphatic carbocycles. The molecule has 3 amide bonds. The molecule has 0 bridgehead atoms. The van der Waals surface area contributed by atoms with Gasteiger partial charge in [0, 0.05) is 29.7 Å². The Bertz CT molecular complexity index is 1540. The summed E-state index contributed by atoms with van der Waals surface area (Å²) >= 11 is 1.56. The fraction of sp³-hybridized carbons (Fsp3) is 0.472. The van der Waals surface area contributed by atoms with Crippen LogP contribution in [-0.4, -0.2) is 76.1 Å². The third kappa shape index (κ3) is 5.08. The minimum Gasteiger partial charge on any atom is -0.494 e. The number of carbonyl (C=O) groups excluding carboxylic acids is 3. The Labute approximate surface area is 270 Å². The summed E-state index contributed by atoms with van der Waals surface area (Å²) in [7, 11) is 0. The first-order valence-corrected chi connectivity index (χ1v) is 16.9. The molecule has 1 unspecified atom stereocenters. The molecule has 238 valence electrons. The van der Waals surface area contributed by atoms with Gasteiger partial charge in [0.15, 0.2) is 0 Å². The van der Waals surface area contributed by atoms with E-state index in [0.29, 0.717) is 19.7 Å². The second kappa shape index (κ2) is 12.3. The Hall–Kier alpha value is -3.56. The smallest absolute Gasteiger partial charge is 0.251 e. The maximum absolute atomic E-state index is 14.9. The Balaban J connectivity index is 1.46. The molecule has 45 heavy (non-hydrogen) atoms. The lowest BCUT2D eigenvalue weighted by atomic mass is 9.78. The number of benzene rings is 2. The summed E-state index contributed by atoms with van der Waals surface area (Å²) in [6.45, 7) is 11.0. The lowest BCUT2D eigenvalue weighted by Gasteiger charge is -2.40. The van der Waals surface area contributed by atoms with E-state index in [-0.39, 0.29) is 35.5 Å². The number of amides is 3. The van der Waals surface area contributed by atoms with Gasteiger partial charge in [-0.3, -0.25) is 14.4 Å². The molecule has 2 saturated heterocycles. The predicted molar refractivity (Wildman–Crippen MR) is 179 cm³/mol. The van der Waals surface area contributed by atoms with Gasteiger partial charge in [0.1, 0.15) is 11.8 Å². The molecule has 2 aromatic rings. The molecule has 0 radical (unpaired) electrons. The van der Waals surface area contributed by atoms with Crippen LogP contribution in [0.2, 0.25) is 0 Å². The molecule has 6 rings (SSSR count). The van der Waals surface area contributed by atoms with Crippen molar-refractivity contribution in [3.05, 3.63) is 77.9 Å². The van der Waals surface area contributed by atoms with Gasteiger partial charge in [-0.1, -0.05) is 56.7 Å². The summed E-state index contributed by atoms with van der Waals surface area (Å²) in [6, 6.07) is 12.1. The summed E-state index contributed by atoms with van der Waals surface area (Å²) in [5.41, 5.74) is 3.57. The van der Waals surface area contributed by atoms with Crippen LogP contribution in [0.5, 0.6) is 5.75 Å². The van der Waals surface area contributed by atoms with Crippen LogP contribution in [0, 0.1) is 31.6 Å². The number of aliphatic hydroxyl groups excluding tert-OH is 1. The predicted octanol–water partition coefficient (Wildman–Crippen LogP) is 4.91. The van der Waals surface area contributed by atoms with Gasteiger partial charge in [0.25, 0.3) is 5.91 Å². The first kappa shape index (κ1) is 31.4. The molecule has 8 nitrogen and oxygen atoms in total. The maximum Gasteiger partial charge on any atom is 0.251 e. The van der Waals surface area contributed by atoms with Crippen LogP contribution in [0.3, 0.4) is 0 Å². The zero-order chi connectivity index (χ0) is 32.0. The van der Waals surface area contributed by atoms with Crippen molar-refractivity contribution in [3.63, 3.8) is 0 Å². The van der Waals surface area contributed by atoms with Crippen molar-refractivity contribution in [1.29, 1.82) is 0 Å². The van der Waals surface area contributed by atoms with E-state index in [2.05, 4.69) is 0 Å². The van der Waals surface area contributed by atoms with Crippen molar-refractivity contribution in [3.8, 4) is 5.75 Å². The van der Waals surface area contributed by atoms with Crippen LogP contribution < -0.4 is 14.5 Å². The van der Waals surface area contributed by atoms with Crippen LogP contribution in [0.4, 0.5) is 11.4 Å². The molecule has 4 aliphatic rings. The number of likely N-dealkylation sites (tertiary alicyclic amines) is 1. The topological polar surface area (TPSA) is 90.4 Å². The number of nitrogens with zero attached hydrogens (tertiary/aromatic N) is 3.